The fourth-order valence-electron chi connectivity index (χ4n) is 2.21. The highest BCUT2D eigenvalue weighted by Crippen LogP contribution is 2.22. The summed E-state index contributed by atoms with van der Waals surface area (Å²) >= 11 is 0. The van der Waals surface area contributed by atoms with Gasteiger partial charge in [-0.15, -0.1) is 0 Å². The SMILES string of the molecule is CC(=O)c1ccc(NS(=O)(=O)c2cccc(-c3noc(C)n3)c2)cc1. The molecule has 0 saturated heterocycles. The predicted octanol–water partition coefficient (Wildman–Crippen LogP) is 3.05. The predicted molar refractivity (Wildman–Crippen MR) is 91.7 cm³/mol. The Balaban J connectivity index is 1.88. The number of carbonyl (C=O) groups excluding carboxylic acids is 1. The Kier molecular flexibility index (Phi) is 4.37. The van der Waals surface area contributed by atoms with E-state index in [9.17, 15) is 13.2 Å². The molecule has 0 fully saturated rings. The van der Waals surface area contributed by atoms with E-state index in [-0.39, 0.29) is 10.7 Å². The van der Waals surface area contributed by atoms with Gasteiger partial charge in [0.15, 0.2) is 5.78 Å². The van der Waals surface area contributed by atoms with Gasteiger partial charge >= 0.3 is 0 Å². The van der Waals surface area contributed by atoms with Crippen LogP contribution >= 0.6 is 0 Å². The van der Waals surface area contributed by atoms with Gasteiger partial charge in [0, 0.05) is 23.7 Å². The van der Waals surface area contributed by atoms with Crippen LogP contribution in [-0.2, 0) is 10.0 Å². The van der Waals surface area contributed by atoms with E-state index in [0.717, 1.165) is 0 Å². The maximum Gasteiger partial charge on any atom is 0.261 e. The monoisotopic (exact) mass is 357 g/mol. The lowest BCUT2D eigenvalue weighted by Crippen LogP contribution is -2.13. The fraction of sp³-hybridized carbons (Fsp3) is 0.118. The van der Waals surface area contributed by atoms with Crippen LogP contribution in [0.15, 0.2) is 57.9 Å². The summed E-state index contributed by atoms with van der Waals surface area (Å²) in [5, 5.41) is 3.79. The van der Waals surface area contributed by atoms with Gasteiger partial charge in [-0.3, -0.25) is 9.52 Å². The quantitative estimate of drug-likeness (QED) is 0.704. The smallest absolute Gasteiger partial charge is 0.261 e. The summed E-state index contributed by atoms with van der Waals surface area (Å²) in [6.45, 7) is 3.10. The molecule has 25 heavy (non-hydrogen) atoms. The Bertz CT molecular complexity index is 1020. The van der Waals surface area contributed by atoms with E-state index in [0.29, 0.717) is 28.5 Å². The van der Waals surface area contributed by atoms with Gasteiger partial charge in [-0.05, 0) is 43.3 Å². The molecule has 1 heterocycles. The first-order valence-corrected chi connectivity index (χ1v) is 8.88. The molecular formula is C17H15N3O4S. The molecule has 3 rings (SSSR count). The summed E-state index contributed by atoms with van der Waals surface area (Å²) in [4.78, 5) is 15.4. The Labute approximate surface area is 144 Å². The van der Waals surface area contributed by atoms with Gasteiger partial charge in [0.2, 0.25) is 11.7 Å². The van der Waals surface area contributed by atoms with Crippen molar-refractivity contribution in [3.05, 3.63) is 60.0 Å². The van der Waals surface area contributed by atoms with Crippen molar-refractivity contribution >= 4 is 21.5 Å². The number of hydrogen-bond donors (Lipinski definition) is 1. The van der Waals surface area contributed by atoms with E-state index in [1.54, 1.807) is 43.3 Å². The number of anilines is 1. The first kappa shape index (κ1) is 16.8. The molecule has 0 radical (unpaired) electrons. The maximum absolute atomic E-state index is 12.6. The van der Waals surface area contributed by atoms with Crippen LogP contribution < -0.4 is 4.72 Å². The molecule has 0 spiro atoms. The van der Waals surface area contributed by atoms with Gasteiger partial charge in [-0.25, -0.2) is 8.42 Å². The first-order valence-electron chi connectivity index (χ1n) is 7.40. The van der Waals surface area contributed by atoms with Crippen LogP contribution in [0.4, 0.5) is 5.69 Å². The van der Waals surface area contributed by atoms with Crippen molar-refractivity contribution in [2.45, 2.75) is 18.7 Å². The van der Waals surface area contributed by atoms with Gasteiger partial charge in [-0.2, -0.15) is 4.98 Å². The summed E-state index contributed by atoms with van der Waals surface area (Å²) in [6.07, 6.45) is 0. The van der Waals surface area contributed by atoms with Crippen molar-refractivity contribution in [3.8, 4) is 11.4 Å². The number of sulfonamides is 1. The number of hydrogen-bond acceptors (Lipinski definition) is 6. The van der Waals surface area contributed by atoms with Crippen LogP contribution in [0.3, 0.4) is 0 Å². The van der Waals surface area contributed by atoms with Gasteiger partial charge in [0.25, 0.3) is 10.0 Å². The average molecular weight is 357 g/mol. The second kappa shape index (κ2) is 6.48. The van der Waals surface area contributed by atoms with Gasteiger partial charge < -0.3 is 4.52 Å². The molecule has 0 atom stereocenters. The number of rotatable bonds is 5. The van der Waals surface area contributed by atoms with E-state index in [1.165, 1.54) is 19.1 Å². The number of benzene rings is 2. The Morgan fingerprint density at radius 3 is 2.44 bits per heavy atom. The van der Waals surface area contributed by atoms with E-state index < -0.39 is 10.0 Å². The Morgan fingerprint density at radius 1 is 1.12 bits per heavy atom. The standard InChI is InChI=1S/C17H15N3O4S/c1-11(21)13-6-8-15(9-7-13)20-25(22,23)16-5-3-4-14(10-16)17-18-12(2)24-19-17/h3-10,20H,1-2H3. The minimum Gasteiger partial charge on any atom is -0.339 e. The summed E-state index contributed by atoms with van der Waals surface area (Å²) in [5.41, 5.74) is 1.41. The highest BCUT2D eigenvalue weighted by molar-refractivity contribution is 7.92. The lowest BCUT2D eigenvalue weighted by molar-refractivity contribution is 0.101. The van der Waals surface area contributed by atoms with Gasteiger partial charge in [-0.1, -0.05) is 17.3 Å². The molecule has 0 aliphatic heterocycles. The number of aryl methyl sites for hydroxylation is 1. The minimum atomic E-state index is -3.79. The Morgan fingerprint density at radius 2 is 1.84 bits per heavy atom. The summed E-state index contributed by atoms with van der Waals surface area (Å²) in [5.74, 6) is 0.629. The number of Topliss-reactive ketones (excluding diaryl/α,β-unsaturated/α-hetero) is 1. The van der Waals surface area contributed by atoms with Crippen molar-refractivity contribution in [1.82, 2.24) is 10.1 Å². The second-order valence-corrected chi connectivity index (χ2v) is 7.09. The number of nitrogens with one attached hydrogen (secondary N) is 1. The third kappa shape index (κ3) is 3.74. The van der Waals surface area contributed by atoms with E-state index in [4.69, 9.17) is 4.52 Å². The van der Waals surface area contributed by atoms with Crippen LogP contribution in [-0.4, -0.2) is 24.3 Å². The average Bonchev–Trinajstić information content (AvgIpc) is 3.02. The van der Waals surface area contributed by atoms with Gasteiger partial charge in [0.1, 0.15) is 0 Å². The molecule has 3 aromatic rings. The van der Waals surface area contributed by atoms with Crippen molar-refractivity contribution < 1.29 is 17.7 Å². The number of nitrogens with zero attached hydrogens (tertiary/aromatic N) is 2. The van der Waals surface area contributed by atoms with Crippen molar-refractivity contribution in [1.29, 1.82) is 0 Å². The number of carbonyl (C=O) groups is 1. The molecule has 2 aromatic carbocycles. The van der Waals surface area contributed by atoms with Crippen LogP contribution in [0.1, 0.15) is 23.2 Å². The third-order valence-corrected chi connectivity index (χ3v) is 4.85. The normalized spacial score (nSPS) is 11.3. The molecule has 0 aliphatic rings. The number of ketones is 1. The number of aromatic nitrogens is 2. The molecule has 8 heteroatoms. The summed E-state index contributed by atoms with van der Waals surface area (Å²) < 4.78 is 32.5. The molecule has 7 nitrogen and oxygen atoms in total. The highest BCUT2D eigenvalue weighted by Gasteiger charge is 2.16. The lowest BCUT2D eigenvalue weighted by Gasteiger charge is -2.09. The van der Waals surface area contributed by atoms with E-state index in [1.807, 2.05) is 0 Å². The molecule has 0 aliphatic carbocycles. The molecule has 0 bridgehead atoms. The molecule has 128 valence electrons. The topological polar surface area (TPSA) is 102 Å². The minimum absolute atomic E-state index is 0.0723. The van der Waals surface area contributed by atoms with E-state index >= 15 is 0 Å². The van der Waals surface area contributed by atoms with Crippen LogP contribution in [0.2, 0.25) is 0 Å². The molecular weight excluding hydrogens is 342 g/mol. The van der Waals surface area contributed by atoms with Crippen molar-refractivity contribution in [3.63, 3.8) is 0 Å². The van der Waals surface area contributed by atoms with Gasteiger partial charge in [0.05, 0.1) is 4.90 Å². The summed E-state index contributed by atoms with van der Waals surface area (Å²) in [6, 6.07) is 12.5. The first-order chi connectivity index (χ1) is 11.8. The zero-order valence-corrected chi connectivity index (χ0v) is 14.4. The molecule has 1 aromatic heterocycles. The van der Waals surface area contributed by atoms with Crippen molar-refractivity contribution in [2.24, 2.45) is 0 Å². The van der Waals surface area contributed by atoms with Crippen LogP contribution in [0, 0.1) is 6.92 Å². The fourth-order valence-corrected chi connectivity index (χ4v) is 3.31. The molecule has 0 amide bonds. The largest absolute Gasteiger partial charge is 0.339 e. The highest BCUT2D eigenvalue weighted by atomic mass is 32.2. The second-order valence-electron chi connectivity index (χ2n) is 5.40. The van der Waals surface area contributed by atoms with Crippen molar-refractivity contribution in [2.75, 3.05) is 4.72 Å². The third-order valence-electron chi connectivity index (χ3n) is 3.47. The molecule has 0 saturated carbocycles. The zero-order valence-electron chi connectivity index (χ0n) is 13.6. The Hall–Kier alpha value is -3.00. The molecule has 0 unspecified atom stereocenters. The van der Waals surface area contributed by atoms with E-state index in [2.05, 4.69) is 14.9 Å². The lowest BCUT2D eigenvalue weighted by atomic mass is 10.1. The van der Waals surface area contributed by atoms with Crippen LogP contribution in [0.25, 0.3) is 11.4 Å². The van der Waals surface area contributed by atoms with Crippen LogP contribution in [0.5, 0.6) is 0 Å². The zero-order chi connectivity index (χ0) is 18.0. The molecule has 1 N–H and O–H groups in total. The summed E-state index contributed by atoms with van der Waals surface area (Å²) in [7, 11) is -3.79. The maximum atomic E-state index is 12.6.